The highest BCUT2D eigenvalue weighted by molar-refractivity contribution is 7.15. The second-order valence-electron chi connectivity index (χ2n) is 8.35. The van der Waals surface area contributed by atoms with Crippen molar-refractivity contribution in [3.05, 3.63) is 42.1 Å². The van der Waals surface area contributed by atoms with Crippen LogP contribution in [0.2, 0.25) is 0 Å². The Kier molecular flexibility index (Phi) is 6.27. The van der Waals surface area contributed by atoms with Gasteiger partial charge in [-0.2, -0.15) is 4.98 Å². The highest BCUT2D eigenvalue weighted by Crippen LogP contribution is 2.31. The summed E-state index contributed by atoms with van der Waals surface area (Å²) in [6, 6.07) is 4.14. The van der Waals surface area contributed by atoms with E-state index in [2.05, 4.69) is 47.6 Å². The molecular formula is C23H29N5O2S. The Morgan fingerprint density at radius 2 is 2.32 bits per heavy atom. The number of aryl methyl sites for hydroxylation is 1. The lowest BCUT2D eigenvalue weighted by atomic mass is 10.2. The molecule has 1 saturated heterocycles. The van der Waals surface area contributed by atoms with Gasteiger partial charge in [0.1, 0.15) is 12.4 Å². The summed E-state index contributed by atoms with van der Waals surface area (Å²) in [6.07, 6.45) is 7.20. The van der Waals surface area contributed by atoms with Crippen molar-refractivity contribution >= 4 is 39.1 Å². The monoisotopic (exact) mass is 439 g/mol. The molecule has 1 fully saturated rings. The van der Waals surface area contributed by atoms with E-state index in [0.717, 1.165) is 46.8 Å². The average molecular weight is 440 g/mol. The van der Waals surface area contributed by atoms with E-state index in [1.165, 1.54) is 6.08 Å². The molecule has 0 spiro atoms. The van der Waals surface area contributed by atoms with Gasteiger partial charge in [0.05, 0.1) is 16.9 Å². The zero-order chi connectivity index (χ0) is 22.0. The largest absolute Gasteiger partial charge is 0.475 e. The van der Waals surface area contributed by atoms with E-state index >= 15 is 0 Å². The molecule has 7 nitrogen and oxygen atoms in total. The van der Waals surface area contributed by atoms with Crippen LogP contribution in [0.5, 0.6) is 5.88 Å². The highest BCUT2D eigenvalue weighted by atomic mass is 32.1. The van der Waals surface area contributed by atoms with Crippen molar-refractivity contribution < 1.29 is 9.53 Å². The van der Waals surface area contributed by atoms with Crippen molar-refractivity contribution in [1.82, 2.24) is 19.4 Å². The molecule has 1 amide bonds. The molecule has 3 aromatic rings. The van der Waals surface area contributed by atoms with Crippen molar-refractivity contribution in [1.29, 1.82) is 0 Å². The Morgan fingerprint density at radius 3 is 3.03 bits per heavy atom. The number of amides is 1. The molecule has 164 valence electrons. The fourth-order valence-corrected chi connectivity index (χ4v) is 4.67. The zero-order valence-corrected chi connectivity index (χ0v) is 19.1. The van der Waals surface area contributed by atoms with Gasteiger partial charge in [-0.25, -0.2) is 4.98 Å². The van der Waals surface area contributed by atoms with Gasteiger partial charge in [-0.15, -0.1) is 11.3 Å². The number of carbonyl (C=O) groups excluding carboxylic acids is 1. The van der Waals surface area contributed by atoms with Gasteiger partial charge in [-0.05, 0) is 37.8 Å². The first-order chi connectivity index (χ1) is 14.9. The molecule has 1 aliphatic rings. The number of nitrogens with one attached hydrogen (secondary N) is 1. The van der Waals surface area contributed by atoms with E-state index in [1.54, 1.807) is 11.3 Å². The van der Waals surface area contributed by atoms with Crippen LogP contribution in [-0.4, -0.2) is 44.5 Å². The molecule has 1 N–H and O–H groups in total. The molecule has 1 unspecified atom stereocenters. The fraction of sp³-hybridized carbons (Fsp3) is 0.435. The minimum Gasteiger partial charge on any atom is -0.475 e. The summed E-state index contributed by atoms with van der Waals surface area (Å²) >= 11 is 1.59. The van der Waals surface area contributed by atoms with Crippen LogP contribution in [0.1, 0.15) is 31.6 Å². The van der Waals surface area contributed by atoms with Crippen LogP contribution in [-0.2, 0) is 11.3 Å². The third-order valence-electron chi connectivity index (χ3n) is 5.40. The normalized spacial score (nSPS) is 16.3. The van der Waals surface area contributed by atoms with Gasteiger partial charge >= 0.3 is 0 Å². The van der Waals surface area contributed by atoms with Crippen LogP contribution in [0.4, 0.5) is 10.9 Å². The first-order valence-corrected chi connectivity index (χ1v) is 11.5. The van der Waals surface area contributed by atoms with Crippen molar-refractivity contribution in [2.75, 3.05) is 18.5 Å². The molecule has 0 bridgehead atoms. The Hall–Kier alpha value is -2.87. The molecule has 1 aliphatic heterocycles. The molecule has 0 aliphatic carbocycles. The molecule has 4 heterocycles. The Balaban J connectivity index is 1.63. The maximum absolute atomic E-state index is 12.1. The molecule has 1 atom stereocenters. The van der Waals surface area contributed by atoms with Gasteiger partial charge in [0.2, 0.25) is 11.8 Å². The van der Waals surface area contributed by atoms with Gasteiger partial charge in [-0.1, -0.05) is 20.4 Å². The summed E-state index contributed by atoms with van der Waals surface area (Å²) in [4.78, 5) is 24.2. The third kappa shape index (κ3) is 4.74. The number of rotatable bonds is 8. The standard InChI is InChI=1S/C23H29N5O2S/c1-5-21(29)28-9-6-7-17(28)14-30-22-18-8-10-27(13-15(2)3)19(18)11-20(25-22)26-23-24-12-16(4)31-23/h5,8,10-12,15,17H,1,6-7,9,13-14H2,2-4H3,(H,24,25,26). The number of pyridine rings is 1. The summed E-state index contributed by atoms with van der Waals surface area (Å²) in [6.45, 7) is 12.1. The molecule has 4 rings (SSSR count). The third-order valence-corrected chi connectivity index (χ3v) is 6.23. The van der Waals surface area contributed by atoms with E-state index in [1.807, 2.05) is 24.1 Å². The highest BCUT2D eigenvalue weighted by Gasteiger charge is 2.28. The second-order valence-corrected chi connectivity index (χ2v) is 9.59. The molecule has 3 aromatic heterocycles. The summed E-state index contributed by atoms with van der Waals surface area (Å²) in [5, 5.41) is 5.09. The molecule has 0 aromatic carbocycles. The summed E-state index contributed by atoms with van der Waals surface area (Å²) in [7, 11) is 0. The van der Waals surface area contributed by atoms with Gasteiger partial charge in [-0.3, -0.25) is 4.79 Å². The lowest BCUT2D eigenvalue weighted by Gasteiger charge is -2.23. The van der Waals surface area contributed by atoms with Crippen molar-refractivity contribution in [3.63, 3.8) is 0 Å². The predicted molar refractivity (Wildman–Crippen MR) is 125 cm³/mol. The Labute approximate surface area is 186 Å². The first kappa shape index (κ1) is 21.4. The number of nitrogens with zero attached hydrogens (tertiary/aromatic N) is 4. The second kappa shape index (κ2) is 9.09. The predicted octanol–water partition coefficient (Wildman–Crippen LogP) is 4.76. The quantitative estimate of drug-likeness (QED) is 0.513. The van der Waals surface area contributed by atoms with E-state index < -0.39 is 0 Å². The van der Waals surface area contributed by atoms with E-state index in [4.69, 9.17) is 9.72 Å². The molecular weight excluding hydrogens is 410 g/mol. The number of anilines is 2. The topological polar surface area (TPSA) is 72.3 Å². The van der Waals surface area contributed by atoms with Crippen molar-refractivity contribution in [2.45, 2.75) is 46.2 Å². The molecule has 31 heavy (non-hydrogen) atoms. The number of ether oxygens (including phenoxy) is 1. The maximum Gasteiger partial charge on any atom is 0.246 e. The summed E-state index contributed by atoms with van der Waals surface area (Å²) in [5.41, 5.74) is 1.07. The SMILES string of the molecule is C=CC(=O)N1CCCC1COc1nc(Nc2ncc(C)s2)cc2c1ccn2CC(C)C. The van der Waals surface area contributed by atoms with Crippen LogP contribution >= 0.6 is 11.3 Å². The minimum atomic E-state index is -0.0400. The number of hydrogen-bond acceptors (Lipinski definition) is 6. The van der Waals surface area contributed by atoms with E-state index in [9.17, 15) is 4.79 Å². The number of thiazole rings is 1. The molecule has 0 saturated carbocycles. The number of hydrogen-bond donors (Lipinski definition) is 1. The van der Waals surface area contributed by atoms with E-state index in [0.29, 0.717) is 24.2 Å². The first-order valence-electron chi connectivity index (χ1n) is 10.7. The van der Waals surface area contributed by atoms with Crippen molar-refractivity contribution in [2.24, 2.45) is 5.92 Å². The van der Waals surface area contributed by atoms with Crippen LogP contribution in [0.15, 0.2) is 37.2 Å². The lowest BCUT2D eigenvalue weighted by Crippen LogP contribution is -2.38. The number of carbonyl (C=O) groups is 1. The summed E-state index contributed by atoms with van der Waals surface area (Å²) in [5.74, 6) is 1.75. The number of likely N-dealkylation sites (tertiary alicyclic amines) is 1. The van der Waals surface area contributed by atoms with Crippen LogP contribution in [0.25, 0.3) is 10.9 Å². The zero-order valence-electron chi connectivity index (χ0n) is 18.3. The summed E-state index contributed by atoms with van der Waals surface area (Å²) < 4.78 is 8.45. The molecule has 0 radical (unpaired) electrons. The van der Waals surface area contributed by atoms with Crippen LogP contribution < -0.4 is 10.1 Å². The van der Waals surface area contributed by atoms with Crippen LogP contribution in [0, 0.1) is 12.8 Å². The Morgan fingerprint density at radius 1 is 1.48 bits per heavy atom. The van der Waals surface area contributed by atoms with Crippen molar-refractivity contribution in [3.8, 4) is 5.88 Å². The maximum atomic E-state index is 12.1. The van der Waals surface area contributed by atoms with Gasteiger partial charge in [0.15, 0.2) is 5.13 Å². The van der Waals surface area contributed by atoms with Gasteiger partial charge in [0.25, 0.3) is 0 Å². The molecule has 8 heteroatoms. The minimum absolute atomic E-state index is 0.0400. The van der Waals surface area contributed by atoms with Crippen LogP contribution in [0.3, 0.4) is 0 Å². The lowest BCUT2D eigenvalue weighted by molar-refractivity contribution is -0.127. The van der Waals surface area contributed by atoms with Gasteiger partial charge in [0, 0.05) is 36.4 Å². The van der Waals surface area contributed by atoms with Gasteiger partial charge < -0.3 is 19.5 Å². The fourth-order valence-electron chi connectivity index (χ4n) is 4.00. The number of aromatic nitrogens is 3. The van der Waals surface area contributed by atoms with E-state index in [-0.39, 0.29) is 11.9 Å². The number of fused-ring (bicyclic) bond motifs is 1. The Bertz CT molecular complexity index is 1090. The smallest absolute Gasteiger partial charge is 0.246 e. The average Bonchev–Trinajstić information content (AvgIpc) is 3.46.